The van der Waals surface area contributed by atoms with Gasteiger partial charge in [0, 0.05) is 26.2 Å². The number of likely N-dealkylation sites (N-methyl/N-ethyl adjacent to an activating group) is 4. The maximum atomic E-state index is 8.49. The van der Waals surface area contributed by atoms with E-state index in [4.69, 9.17) is 18.6 Å². The molecule has 0 spiro atoms. The van der Waals surface area contributed by atoms with Crippen molar-refractivity contribution in [3.8, 4) is 0 Å². The molecule has 0 amide bonds. The van der Waals surface area contributed by atoms with Crippen molar-refractivity contribution in [3.05, 3.63) is 20.3 Å². The molecule has 27 heavy (non-hydrogen) atoms. The van der Waals surface area contributed by atoms with Gasteiger partial charge >= 0.3 is 49.3 Å². The monoisotopic (exact) mass is 796 g/mol. The molecule has 0 aromatic carbocycles. The van der Waals surface area contributed by atoms with Gasteiger partial charge in [-0.05, 0) is 56.4 Å². The molecule has 0 saturated carbocycles. The minimum absolute atomic E-state index is 0. The van der Waals surface area contributed by atoms with Crippen LogP contribution in [-0.4, -0.2) is 102 Å². The standard InChI is InChI=1S/2C6H16N2.C3H4.ClHO4.ClH.2Pt/c2*1-7(2)5-6-8(3)4;1-3-2;2-1(3,4)5;;;/h2*5-6H2,1-4H3;1,3H,2H2;(H,2,3,4,5);1H;;/q;;-1;;;2*+2/p-2. The van der Waals surface area contributed by atoms with Gasteiger partial charge < -0.3 is 26.5 Å². The Hall–Kier alpha value is 1.64. The molecule has 0 unspecified atom stereocenters. The molecule has 12 heteroatoms. The summed E-state index contributed by atoms with van der Waals surface area (Å²) in [6.45, 7) is 12.3. The zero-order valence-corrected chi connectivity index (χ0v) is 23.6. The topological polar surface area (TPSA) is 105 Å². The fourth-order valence-corrected chi connectivity index (χ4v) is 0.800. The van der Waals surface area contributed by atoms with E-state index in [1.807, 2.05) is 0 Å². The van der Waals surface area contributed by atoms with Gasteiger partial charge in [-0.3, -0.25) is 0 Å². The molecule has 0 aromatic heterocycles. The molecule has 0 aromatic rings. The van der Waals surface area contributed by atoms with E-state index in [1.54, 1.807) is 18.8 Å². The van der Waals surface area contributed by atoms with Crippen molar-refractivity contribution in [1.29, 1.82) is 0 Å². The Kier molecular flexibility index (Phi) is 51.1. The number of rotatable bonds is 6. The molecule has 8 nitrogen and oxygen atoms in total. The van der Waals surface area contributed by atoms with Crippen LogP contribution >= 0.6 is 9.42 Å². The van der Waals surface area contributed by atoms with Gasteiger partial charge in [-0.1, -0.05) is 6.92 Å². The first kappa shape index (κ1) is 42.7. The SMILES string of the molecule is CN(C)CCN(C)C.CN(C)CCN(C)C.[CH-][CH][CH2].[Cl][Pt+].[O-][Cl+3]([O-])([O-])[O-].[Pt+2]. The largest absolute Gasteiger partial charge is 2.00 e. The molecule has 3 radical (unpaired) electrons. The van der Waals surface area contributed by atoms with Gasteiger partial charge in [0.25, 0.3) is 0 Å². The van der Waals surface area contributed by atoms with Crippen LogP contribution in [0.3, 0.4) is 0 Å². The first-order chi connectivity index (χ1) is 11.7. The summed E-state index contributed by atoms with van der Waals surface area (Å²) < 4.78 is 34.0. The van der Waals surface area contributed by atoms with Crippen molar-refractivity contribution in [2.24, 2.45) is 0 Å². The minimum Gasteiger partial charge on any atom is -0.222 e. The summed E-state index contributed by atoms with van der Waals surface area (Å²) in [6.07, 6.45) is 1.25. The van der Waals surface area contributed by atoms with Gasteiger partial charge in [-0.25, -0.2) is 25.1 Å². The number of hydrogen-bond donors (Lipinski definition) is 0. The van der Waals surface area contributed by atoms with Gasteiger partial charge in [-0.15, -0.1) is 10.2 Å². The van der Waals surface area contributed by atoms with E-state index in [0.717, 1.165) is 26.2 Å². The summed E-state index contributed by atoms with van der Waals surface area (Å²) in [7, 11) is 16.4. The Morgan fingerprint density at radius 3 is 0.852 bits per heavy atom. The molecule has 0 aliphatic carbocycles. The van der Waals surface area contributed by atoms with E-state index in [9.17, 15) is 0 Å². The van der Waals surface area contributed by atoms with Crippen LogP contribution in [0.4, 0.5) is 0 Å². The van der Waals surface area contributed by atoms with Crippen molar-refractivity contribution in [2.45, 2.75) is 0 Å². The average Bonchev–Trinajstić information content (AvgIpc) is 2.45. The molecule has 0 fully saturated rings. The molecule has 0 atom stereocenters. The second-order valence-corrected chi connectivity index (χ2v) is 6.58. The molecular weight excluding hydrogens is 761 g/mol. The maximum absolute atomic E-state index is 8.49. The van der Waals surface area contributed by atoms with E-state index in [1.165, 1.54) is 6.42 Å². The predicted octanol–water partition coefficient (Wildman–Crippen LogP) is -3.12. The fraction of sp³-hybridized carbons (Fsp3) is 0.800. The molecule has 173 valence electrons. The summed E-state index contributed by atoms with van der Waals surface area (Å²) in [4.78, 5) is 8.72. The summed E-state index contributed by atoms with van der Waals surface area (Å²) in [5.41, 5.74) is 0. The molecule has 0 saturated heterocycles. The van der Waals surface area contributed by atoms with Gasteiger partial charge in [0.05, 0.1) is 0 Å². The van der Waals surface area contributed by atoms with Crippen molar-refractivity contribution < 1.29 is 68.7 Å². The first-order valence-corrected chi connectivity index (χ1v) is 11.4. The van der Waals surface area contributed by atoms with E-state index < -0.39 is 10.2 Å². The van der Waals surface area contributed by atoms with Gasteiger partial charge in [0.2, 0.25) is 0 Å². The Bertz CT molecular complexity index is 202. The van der Waals surface area contributed by atoms with E-state index in [2.05, 4.69) is 99.2 Å². The van der Waals surface area contributed by atoms with E-state index in [0.29, 0.717) is 0 Å². The second-order valence-electron chi connectivity index (χ2n) is 5.83. The average molecular weight is 798 g/mol. The first-order valence-electron chi connectivity index (χ1n) is 7.32. The van der Waals surface area contributed by atoms with Crippen LogP contribution in [0.15, 0.2) is 0 Å². The third kappa shape index (κ3) is 134. The summed E-state index contributed by atoms with van der Waals surface area (Å²) in [5, 5.41) is 0. The molecule has 0 aliphatic rings. The Morgan fingerprint density at radius 1 is 0.741 bits per heavy atom. The van der Waals surface area contributed by atoms with Gasteiger partial charge in [0.1, 0.15) is 0 Å². The molecule has 0 rings (SSSR count). The van der Waals surface area contributed by atoms with Crippen LogP contribution in [0.5, 0.6) is 0 Å². The van der Waals surface area contributed by atoms with Gasteiger partial charge in [0.15, 0.2) is 0 Å². The normalized spacial score (nSPS) is 9.81. The molecular formula is C15H36Cl2N4O4Pt2+. The minimum atomic E-state index is -4.94. The van der Waals surface area contributed by atoms with E-state index in [-0.39, 0.29) is 21.1 Å². The summed E-state index contributed by atoms with van der Waals surface area (Å²) in [5.74, 6) is 0. The van der Waals surface area contributed by atoms with Crippen molar-refractivity contribution in [1.82, 2.24) is 19.6 Å². The van der Waals surface area contributed by atoms with Crippen LogP contribution in [-0.2, 0) is 39.8 Å². The van der Waals surface area contributed by atoms with Crippen molar-refractivity contribution in [3.63, 3.8) is 0 Å². The summed E-state index contributed by atoms with van der Waals surface area (Å²) >= 11 is 1.61. The smallest absolute Gasteiger partial charge is 0.222 e. The number of nitrogens with zero attached hydrogens (tertiary/aromatic N) is 4. The van der Waals surface area contributed by atoms with Crippen LogP contribution in [0.25, 0.3) is 0 Å². The summed E-state index contributed by atoms with van der Waals surface area (Å²) in [6, 6.07) is 0. The Balaban J connectivity index is -0.0000000547. The molecule has 0 bridgehead atoms. The number of hydrogen-bond acceptors (Lipinski definition) is 8. The zero-order valence-electron chi connectivity index (χ0n) is 17.5. The van der Waals surface area contributed by atoms with Crippen LogP contribution in [0.1, 0.15) is 0 Å². The third-order valence-electron chi connectivity index (χ3n) is 1.99. The van der Waals surface area contributed by atoms with Crippen LogP contribution < -0.4 is 18.6 Å². The predicted molar refractivity (Wildman–Crippen MR) is 94.0 cm³/mol. The third-order valence-corrected chi connectivity index (χ3v) is 1.99. The van der Waals surface area contributed by atoms with Gasteiger partial charge in [-0.2, -0.15) is 0 Å². The fourth-order valence-electron chi connectivity index (χ4n) is 0.800. The second kappa shape index (κ2) is 32.3. The van der Waals surface area contributed by atoms with E-state index >= 15 is 0 Å². The molecule has 0 N–H and O–H groups in total. The Labute approximate surface area is 199 Å². The van der Waals surface area contributed by atoms with Crippen molar-refractivity contribution >= 4 is 9.42 Å². The van der Waals surface area contributed by atoms with Crippen LogP contribution in [0.2, 0.25) is 0 Å². The quantitative estimate of drug-likeness (QED) is 0.261. The maximum Gasteiger partial charge on any atom is 2.00 e. The zero-order chi connectivity index (χ0) is 22.3. The van der Waals surface area contributed by atoms with Crippen LogP contribution in [0, 0.1) is 30.5 Å². The number of halogens is 2. The Morgan fingerprint density at radius 2 is 0.815 bits per heavy atom. The molecule has 0 heterocycles. The molecule has 0 aliphatic heterocycles. The van der Waals surface area contributed by atoms with Crippen molar-refractivity contribution in [2.75, 3.05) is 82.6 Å².